The number of ether oxygens (including phenoxy) is 1. The van der Waals surface area contributed by atoms with E-state index < -0.39 is 0 Å². The van der Waals surface area contributed by atoms with Crippen LogP contribution in [0, 0.1) is 0 Å². The zero-order valence-electron chi connectivity index (χ0n) is 9.45. The fourth-order valence-corrected chi connectivity index (χ4v) is 1.96. The lowest BCUT2D eigenvalue weighted by atomic mass is 10.2. The van der Waals surface area contributed by atoms with Crippen LogP contribution in [-0.4, -0.2) is 31.5 Å². The van der Waals surface area contributed by atoms with Crippen molar-refractivity contribution in [3.63, 3.8) is 0 Å². The molecule has 0 heterocycles. The second kappa shape index (κ2) is 7.79. The molecule has 1 rings (SSSR count). The Hall–Kier alpha value is -0.420. The van der Waals surface area contributed by atoms with Gasteiger partial charge < -0.3 is 15.2 Å². The maximum atomic E-state index is 8.90. The summed E-state index contributed by atoms with van der Waals surface area (Å²) >= 11 is 3.44. The van der Waals surface area contributed by atoms with E-state index in [0.29, 0.717) is 13.0 Å². The molecule has 1 unspecified atom stereocenters. The van der Waals surface area contributed by atoms with Gasteiger partial charge in [-0.3, -0.25) is 0 Å². The zero-order chi connectivity index (χ0) is 11.8. The van der Waals surface area contributed by atoms with Gasteiger partial charge in [-0.15, -0.1) is 0 Å². The van der Waals surface area contributed by atoms with Gasteiger partial charge in [0.05, 0.1) is 6.61 Å². The van der Waals surface area contributed by atoms with Crippen LogP contribution in [0.15, 0.2) is 28.7 Å². The topological polar surface area (TPSA) is 41.5 Å². The number of aliphatic hydroxyl groups excluding tert-OH is 1. The van der Waals surface area contributed by atoms with Crippen LogP contribution in [0.4, 0.5) is 0 Å². The van der Waals surface area contributed by atoms with Gasteiger partial charge in [-0.2, -0.15) is 0 Å². The molecule has 2 N–H and O–H groups in total. The Kier molecular flexibility index (Phi) is 6.64. The van der Waals surface area contributed by atoms with E-state index in [1.807, 2.05) is 12.1 Å². The Balaban J connectivity index is 2.41. The first kappa shape index (κ1) is 13.6. The van der Waals surface area contributed by atoms with Gasteiger partial charge in [0.25, 0.3) is 0 Å². The van der Waals surface area contributed by atoms with E-state index in [1.54, 1.807) is 7.11 Å². The van der Waals surface area contributed by atoms with E-state index in [1.165, 1.54) is 5.56 Å². The third-order valence-corrected chi connectivity index (χ3v) is 2.82. The highest BCUT2D eigenvalue weighted by Gasteiger charge is 2.06. The molecule has 1 aromatic rings. The van der Waals surface area contributed by atoms with Crippen molar-refractivity contribution in [2.75, 3.05) is 20.3 Å². The van der Waals surface area contributed by atoms with Gasteiger partial charge in [0.2, 0.25) is 0 Å². The van der Waals surface area contributed by atoms with Crippen LogP contribution in [0.1, 0.15) is 12.0 Å². The number of nitrogens with one attached hydrogen (secondary N) is 1. The van der Waals surface area contributed by atoms with E-state index in [-0.39, 0.29) is 12.6 Å². The lowest BCUT2D eigenvalue weighted by molar-refractivity contribution is 0.148. The van der Waals surface area contributed by atoms with E-state index >= 15 is 0 Å². The first-order chi connectivity index (χ1) is 7.76. The highest BCUT2D eigenvalue weighted by atomic mass is 79.9. The van der Waals surface area contributed by atoms with Gasteiger partial charge in [-0.05, 0) is 24.1 Å². The van der Waals surface area contributed by atoms with Crippen molar-refractivity contribution in [1.82, 2.24) is 5.32 Å². The molecule has 0 aromatic heterocycles. The molecule has 0 aliphatic heterocycles. The molecule has 0 spiro atoms. The first-order valence-corrected chi connectivity index (χ1v) is 6.13. The minimum absolute atomic E-state index is 0.180. The van der Waals surface area contributed by atoms with Crippen molar-refractivity contribution in [3.8, 4) is 0 Å². The molecule has 1 aromatic carbocycles. The monoisotopic (exact) mass is 287 g/mol. The molecule has 0 fully saturated rings. The SMILES string of the molecule is COCC(CCO)NCc1cccc(Br)c1. The van der Waals surface area contributed by atoms with Crippen molar-refractivity contribution in [1.29, 1.82) is 0 Å². The third kappa shape index (κ3) is 5.07. The average molecular weight is 288 g/mol. The van der Waals surface area contributed by atoms with E-state index in [0.717, 1.165) is 11.0 Å². The van der Waals surface area contributed by atoms with E-state index in [2.05, 4.69) is 33.4 Å². The minimum Gasteiger partial charge on any atom is -0.396 e. The Morgan fingerprint density at radius 2 is 2.31 bits per heavy atom. The summed E-state index contributed by atoms with van der Waals surface area (Å²) in [5.41, 5.74) is 1.22. The molecule has 0 aliphatic rings. The summed E-state index contributed by atoms with van der Waals surface area (Å²) in [5.74, 6) is 0. The molecule has 1 atom stereocenters. The highest BCUT2D eigenvalue weighted by molar-refractivity contribution is 9.10. The fraction of sp³-hybridized carbons (Fsp3) is 0.500. The summed E-state index contributed by atoms with van der Waals surface area (Å²) in [6.45, 7) is 1.58. The second-order valence-corrected chi connectivity index (χ2v) is 4.59. The van der Waals surface area contributed by atoms with Crippen LogP contribution in [-0.2, 0) is 11.3 Å². The van der Waals surface area contributed by atoms with Gasteiger partial charge >= 0.3 is 0 Å². The predicted octanol–water partition coefficient (Wildman–Crippen LogP) is 1.94. The standard InChI is InChI=1S/C12H18BrNO2/c1-16-9-12(5-6-15)14-8-10-3-2-4-11(13)7-10/h2-4,7,12,14-15H,5-6,8-9H2,1H3. The summed E-state index contributed by atoms with van der Waals surface area (Å²) < 4.78 is 6.17. The number of halogens is 1. The highest BCUT2D eigenvalue weighted by Crippen LogP contribution is 2.11. The maximum absolute atomic E-state index is 8.90. The number of aliphatic hydroxyl groups is 1. The Morgan fingerprint density at radius 3 is 2.94 bits per heavy atom. The lowest BCUT2D eigenvalue weighted by Gasteiger charge is -2.16. The Morgan fingerprint density at radius 1 is 1.50 bits per heavy atom. The number of hydrogen-bond donors (Lipinski definition) is 2. The molecule has 4 heteroatoms. The largest absolute Gasteiger partial charge is 0.396 e. The minimum atomic E-state index is 0.180. The summed E-state index contributed by atoms with van der Waals surface area (Å²) in [6.07, 6.45) is 0.710. The van der Waals surface area contributed by atoms with Crippen molar-refractivity contribution in [3.05, 3.63) is 34.3 Å². The van der Waals surface area contributed by atoms with Gasteiger partial charge in [0, 0.05) is 30.8 Å². The van der Waals surface area contributed by atoms with Gasteiger partial charge in [0.15, 0.2) is 0 Å². The van der Waals surface area contributed by atoms with Crippen molar-refractivity contribution >= 4 is 15.9 Å². The molecule has 16 heavy (non-hydrogen) atoms. The van der Waals surface area contributed by atoms with Crippen LogP contribution in [0.2, 0.25) is 0 Å². The normalized spacial score (nSPS) is 12.7. The van der Waals surface area contributed by atoms with E-state index in [4.69, 9.17) is 9.84 Å². The van der Waals surface area contributed by atoms with E-state index in [9.17, 15) is 0 Å². The second-order valence-electron chi connectivity index (χ2n) is 3.68. The Labute approximate surface area is 105 Å². The van der Waals surface area contributed by atoms with Gasteiger partial charge in [-0.25, -0.2) is 0 Å². The van der Waals surface area contributed by atoms with Gasteiger partial charge in [-0.1, -0.05) is 28.1 Å². The predicted molar refractivity (Wildman–Crippen MR) is 68.3 cm³/mol. The quantitative estimate of drug-likeness (QED) is 0.805. The average Bonchev–Trinajstić information content (AvgIpc) is 2.27. The molecular formula is C12H18BrNO2. The molecule has 0 saturated heterocycles. The van der Waals surface area contributed by atoms with Gasteiger partial charge in [0.1, 0.15) is 0 Å². The molecule has 0 amide bonds. The molecule has 0 aliphatic carbocycles. The number of hydrogen-bond acceptors (Lipinski definition) is 3. The van der Waals surface area contributed by atoms with Crippen LogP contribution < -0.4 is 5.32 Å². The number of methoxy groups -OCH3 is 1. The molecule has 0 saturated carbocycles. The van der Waals surface area contributed by atoms with Crippen LogP contribution in [0.25, 0.3) is 0 Å². The van der Waals surface area contributed by atoms with Crippen LogP contribution in [0.5, 0.6) is 0 Å². The number of rotatable bonds is 7. The molecular weight excluding hydrogens is 270 g/mol. The fourth-order valence-electron chi connectivity index (χ4n) is 1.51. The smallest absolute Gasteiger partial charge is 0.0616 e. The zero-order valence-corrected chi connectivity index (χ0v) is 11.0. The summed E-state index contributed by atoms with van der Waals surface area (Å²) in [6, 6.07) is 8.37. The molecule has 0 radical (unpaired) electrons. The molecule has 0 bridgehead atoms. The van der Waals surface area contributed by atoms with Crippen LogP contribution in [0.3, 0.4) is 0 Å². The summed E-state index contributed by atoms with van der Waals surface area (Å²) in [5, 5.41) is 12.3. The van der Waals surface area contributed by atoms with Crippen molar-refractivity contribution < 1.29 is 9.84 Å². The number of benzene rings is 1. The molecule has 90 valence electrons. The molecule has 3 nitrogen and oxygen atoms in total. The maximum Gasteiger partial charge on any atom is 0.0616 e. The third-order valence-electron chi connectivity index (χ3n) is 2.33. The summed E-state index contributed by atoms with van der Waals surface area (Å²) in [7, 11) is 1.67. The first-order valence-electron chi connectivity index (χ1n) is 5.34. The van der Waals surface area contributed by atoms with Crippen molar-refractivity contribution in [2.45, 2.75) is 19.0 Å². The van der Waals surface area contributed by atoms with Crippen molar-refractivity contribution in [2.24, 2.45) is 0 Å². The van der Waals surface area contributed by atoms with Crippen LogP contribution >= 0.6 is 15.9 Å². The lowest BCUT2D eigenvalue weighted by Crippen LogP contribution is -2.33. The Bertz CT molecular complexity index is 301. The summed E-state index contributed by atoms with van der Waals surface area (Å²) in [4.78, 5) is 0.